The van der Waals surface area contributed by atoms with Crippen LogP contribution >= 0.6 is 0 Å². The summed E-state index contributed by atoms with van der Waals surface area (Å²) >= 11 is 0. The molecule has 2 aliphatic rings. The van der Waals surface area contributed by atoms with Crippen LogP contribution in [0.1, 0.15) is 36.4 Å². The van der Waals surface area contributed by atoms with Gasteiger partial charge >= 0.3 is 0 Å². The lowest BCUT2D eigenvalue weighted by molar-refractivity contribution is 0.250. The molecule has 2 aromatic rings. The number of ether oxygens (including phenoxy) is 1. The average molecular weight is 364 g/mol. The highest BCUT2D eigenvalue weighted by molar-refractivity contribution is 5.78. The fraction of sp³-hybridized carbons (Fsp3) is 0.409. The molecule has 5 nitrogen and oxygen atoms in total. The van der Waals surface area contributed by atoms with Crippen molar-refractivity contribution in [1.29, 1.82) is 0 Å². The molecule has 142 valence electrons. The van der Waals surface area contributed by atoms with Crippen LogP contribution in [0, 0.1) is 0 Å². The SMILES string of the molecule is NC(=NCC1CCCN1Cc1ccccc1)NC1CCOc2ccccc21. The van der Waals surface area contributed by atoms with Crippen molar-refractivity contribution in [1.82, 2.24) is 10.2 Å². The summed E-state index contributed by atoms with van der Waals surface area (Å²) in [6, 6.07) is 19.4. The van der Waals surface area contributed by atoms with E-state index in [-0.39, 0.29) is 6.04 Å². The standard InChI is InChI=1S/C22H28N4O/c23-22(25-20-12-14-27-21-11-5-4-10-19(20)21)24-15-18-9-6-13-26(18)16-17-7-2-1-3-8-17/h1-5,7-8,10-11,18,20H,6,9,12-16H2,(H3,23,24,25). The molecule has 1 fully saturated rings. The normalized spacial score (nSPS) is 22.9. The Balaban J connectivity index is 1.35. The predicted octanol–water partition coefficient (Wildman–Crippen LogP) is 3.08. The molecular weight excluding hydrogens is 336 g/mol. The van der Waals surface area contributed by atoms with Crippen molar-refractivity contribution in [3.8, 4) is 5.75 Å². The van der Waals surface area contributed by atoms with Gasteiger partial charge in [-0.05, 0) is 31.0 Å². The minimum absolute atomic E-state index is 0.169. The Hall–Kier alpha value is -2.53. The Bertz CT molecular complexity index is 777. The number of para-hydroxylation sites is 1. The van der Waals surface area contributed by atoms with E-state index in [0.717, 1.165) is 37.4 Å². The van der Waals surface area contributed by atoms with Gasteiger partial charge in [0.1, 0.15) is 5.75 Å². The lowest BCUT2D eigenvalue weighted by Gasteiger charge is -2.27. The highest BCUT2D eigenvalue weighted by Crippen LogP contribution is 2.31. The van der Waals surface area contributed by atoms with E-state index in [0.29, 0.717) is 18.6 Å². The first-order chi connectivity index (χ1) is 13.3. The van der Waals surface area contributed by atoms with Gasteiger partial charge in [0, 0.05) is 24.6 Å². The monoisotopic (exact) mass is 364 g/mol. The third-order valence-corrected chi connectivity index (χ3v) is 5.48. The molecule has 2 atom stereocenters. The second kappa shape index (κ2) is 8.44. The lowest BCUT2D eigenvalue weighted by atomic mass is 10.0. The molecular formula is C22H28N4O. The van der Waals surface area contributed by atoms with Crippen molar-refractivity contribution in [2.24, 2.45) is 10.7 Å². The topological polar surface area (TPSA) is 62.9 Å². The number of rotatable bonds is 5. The molecule has 2 aliphatic heterocycles. The summed E-state index contributed by atoms with van der Waals surface area (Å²) in [5.74, 6) is 1.47. The van der Waals surface area contributed by atoms with E-state index in [1.54, 1.807) is 0 Å². The van der Waals surface area contributed by atoms with Crippen molar-refractivity contribution in [2.75, 3.05) is 19.7 Å². The number of hydrogen-bond acceptors (Lipinski definition) is 3. The summed E-state index contributed by atoms with van der Waals surface area (Å²) < 4.78 is 5.72. The van der Waals surface area contributed by atoms with Crippen LogP contribution in [-0.4, -0.2) is 36.6 Å². The van der Waals surface area contributed by atoms with Gasteiger partial charge in [0.15, 0.2) is 5.96 Å². The molecule has 0 aromatic heterocycles. The van der Waals surface area contributed by atoms with Crippen LogP contribution in [-0.2, 0) is 6.54 Å². The van der Waals surface area contributed by atoms with E-state index < -0.39 is 0 Å². The number of benzene rings is 2. The van der Waals surface area contributed by atoms with Crippen molar-refractivity contribution in [3.05, 3.63) is 65.7 Å². The minimum Gasteiger partial charge on any atom is -0.493 e. The average Bonchev–Trinajstić information content (AvgIpc) is 3.14. The summed E-state index contributed by atoms with van der Waals surface area (Å²) in [6.45, 7) is 3.57. The van der Waals surface area contributed by atoms with Gasteiger partial charge in [0.05, 0.1) is 19.2 Å². The molecule has 2 aromatic carbocycles. The van der Waals surface area contributed by atoms with Gasteiger partial charge in [-0.1, -0.05) is 48.5 Å². The van der Waals surface area contributed by atoms with Crippen LogP contribution in [0.25, 0.3) is 0 Å². The molecule has 3 N–H and O–H groups in total. The first-order valence-corrected chi connectivity index (χ1v) is 9.86. The van der Waals surface area contributed by atoms with Crippen LogP contribution in [0.4, 0.5) is 0 Å². The number of nitrogens with zero attached hydrogens (tertiary/aromatic N) is 2. The molecule has 27 heavy (non-hydrogen) atoms. The van der Waals surface area contributed by atoms with Gasteiger partial charge in [-0.25, -0.2) is 0 Å². The van der Waals surface area contributed by atoms with Gasteiger partial charge in [-0.3, -0.25) is 9.89 Å². The zero-order valence-corrected chi connectivity index (χ0v) is 15.7. The number of likely N-dealkylation sites (tertiary alicyclic amines) is 1. The largest absolute Gasteiger partial charge is 0.493 e. The Morgan fingerprint density at radius 2 is 1.93 bits per heavy atom. The van der Waals surface area contributed by atoms with E-state index in [1.165, 1.54) is 18.4 Å². The van der Waals surface area contributed by atoms with E-state index in [4.69, 9.17) is 10.5 Å². The predicted molar refractivity (Wildman–Crippen MR) is 109 cm³/mol. The second-order valence-electron chi connectivity index (χ2n) is 7.35. The van der Waals surface area contributed by atoms with E-state index in [1.807, 2.05) is 18.2 Å². The van der Waals surface area contributed by atoms with E-state index in [2.05, 4.69) is 51.6 Å². The number of guanidine groups is 1. The maximum atomic E-state index is 6.22. The molecule has 0 amide bonds. The number of nitrogens with two attached hydrogens (primary N) is 1. The van der Waals surface area contributed by atoms with Gasteiger partial charge in [-0.2, -0.15) is 0 Å². The van der Waals surface area contributed by atoms with Gasteiger partial charge in [-0.15, -0.1) is 0 Å². The van der Waals surface area contributed by atoms with Crippen molar-refractivity contribution in [3.63, 3.8) is 0 Å². The zero-order valence-electron chi connectivity index (χ0n) is 15.7. The summed E-state index contributed by atoms with van der Waals surface area (Å²) in [5.41, 5.74) is 8.74. The summed E-state index contributed by atoms with van der Waals surface area (Å²) in [5, 5.41) is 3.39. The number of nitrogens with one attached hydrogen (secondary N) is 1. The molecule has 1 saturated heterocycles. The van der Waals surface area contributed by atoms with Crippen molar-refractivity contribution >= 4 is 5.96 Å². The fourth-order valence-electron chi connectivity index (χ4n) is 4.05. The van der Waals surface area contributed by atoms with Crippen molar-refractivity contribution < 1.29 is 4.74 Å². The zero-order chi connectivity index (χ0) is 18.5. The van der Waals surface area contributed by atoms with Gasteiger partial charge < -0.3 is 15.8 Å². The third-order valence-electron chi connectivity index (χ3n) is 5.48. The van der Waals surface area contributed by atoms with Crippen LogP contribution in [0.3, 0.4) is 0 Å². The first kappa shape index (κ1) is 17.9. The molecule has 0 saturated carbocycles. The van der Waals surface area contributed by atoms with Crippen LogP contribution < -0.4 is 15.8 Å². The number of aliphatic imine (C=N–C) groups is 1. The summed E-state index contributed by atoms with van der Waals surface area (Å²) in [4.78, 5) is 7.19. The van der Waals surface area contributed by atoms with E-state index in [9.17, 15) is 0 Å². The van der Waals surface area contributed by atoms with Crippen LogP contribution in [0.5, 0.6) is 5.75 Å². The van der Waals surface area contributed by atoms with Crippen LogP contribution in [0.15, 0.2) is 59.6 Å². The van der Waals surface area contributed by atoms with Crippen LogP contribution in [0.2, 0.25) is 0 Å². The smallest absolute Gasteiger partial charge is 0.189 e. The Kier molecular flexibility index (Phi) is 5.58. The summed E-state index contributed by atoms with van der Waals surface area (Å²) in [6.07, 6.45) is 3.31. The third kappa shape index (κ3) is 4.42. The maximum absolute atomic E-state index is 6.22. The molecule has 0 spiro atoms. The van der Waals surface area contributed by atoms with Crippen molar-refractivity contribution in [2.45, 2.75) is 37.9 Å². The highest BCUT2D eigenvalue weighted by Gasteiger charge is 2.25. The molecule has 0 aliphatic carbocycles. The first-order valence-electron chi connectivity index (χ1n) is 9.86. The molecule has 2 heterocycles. The highest BCUT2D eigenvalue weighted by atomic mass is 16.5. The Morgan fingerprint density at radius 3 is 2.81 bits per heavy atom. The quantitative estimate of drug-likeness (QED) is 0.632. The maximum Gasteiger partial charge on any atom is 0.189 e. The molecule has 2 unspecified atom stereocenters. The Labute approximate surface area is 161 Å². The number of hydrogen-bond donors (Lipinski definition) is 2. The van der Waals surface area contributed by atoms with Gasteiger partial charge in [0.2, 0.25) is 0 Å². The molecule has 4 rings (SSSR count). The fourth-order valence-corrected chi connectivity index (χ4v) is 4.05. The summed E-state index contributed by atoms with van der Waals surface area (Å²) in [7, 11) is 0. The number of fused-ring (bicyclic) bond motifs is 1. The Morgan fingerprint density at radius 1 is 1.11 bits per heavy atom. The van der Waals surface area contributed by atoms with E-state index >= 15 is 0 Å². The van der Waals surface area contributed by atoms with Gasteiger partial charge in [0.25, 0.3) is 0 Å². The molecule has 5 heteroatoms. The molecule has 0 bridgehead atoms. The molecule has 0 radical (unpaired) electrons. The minimum atomic E-state index is 0.169. The lowest BCUT2D eigenvalue weighted by Crippen LogP contribution is -2.39. The second-order valence-corrected chi connectivity index (χ2v) is 7.35.